The van der Waals surface area contributed by atoms with Crippen LogP contribution in [0.2, 0.25) is 0 Å². The van der Waals surface area contributed by atoms with Gasteiger partial charge in [0.05, 0.1) is 12.3 Å². The minimum absolute atomic E-state index is 0.732. The number of benzene rings is 1. The van der Waals surface area contributed by atoms with Gasteiger partial charge in [-0.2, -0.15) is 11.8 Å². The Balaban J connectivity index is 1.97. The van der Waals surface area contributed by atoms with Crippen LogP contribution in [0.4, 0.5) is 5.69 Å². The van der Waals surface area contributed by atoms with E-state index in [1.54, 1.807) is 11.8 Å². The lowest BCUT2D eigenvalue weighted by Gasteiger charge is -2.08. The maximum Gasteiger partial charge on any atom is 0.123 e. The topological polar surface area (TPSA) is 25.2 Å². The van der Waals surface area contributed by atoms with Crippen molar-refractivity contribution in [3.8, 4) is 0 Å². The van der Waals surface area contributed by atoms with Crippen molar-refractivity contribution in [1.29, 1.82) is 0 Å². The van der Waals surface area contributed by atoms with Crippen molar-refractivity contribution in [2.75, 3.05) is 11.6 Å². The molecule has 0 aliphatic rings. The number of furan rings is 1. The summed E-state index contributed by atoms with van der Waals surface area (Å²) in [5.41, 5.74) is 2.43. The van der Waals surface area contributed by atoms with Crippen LogP contribution in [0.1, 0.15) is 17.1 Å². The standard InChI is InChI=1S/C14H16INOS/c1-10-7-11(15)3-6-14(10)16-8-12-4-5-13(17-12)9-18-2/h3-7,16H,8-9H2,1-2H3. The normalized spacial score (nSPS) is 10.6. The number of anilines is 1. The van der Waals surface area contributed by atoms with E-state index in [-0.39, 0.29) is 0 Å². The van der Waals surface area contributed by atoms with Crippen molar-refractivity contribution in [2.45, 2.75) is 19.2 Å². The number of rotatable bonds is 5. The lowest BCUT2D eigenvalue weighted by atomic mass is 10.2. The number of aryl methyl sites for hydroxylation is 1. The fourth-order valence-corrected chi connectivity index (χ4v) is 2.83. The van der Waals surface area contributed by atoms with Gasteiger partial charge in [-0.1, -0.05) is 0 Å². The molecule has 2 rings (SSSR count). The van der Waals surface area contributed by atoms with E-state index in [9.17, 15) is 0 Å². The Labute approximate surface area is 126 Å². The summed E-state index contributed by atoms with van der Waals surface area (Å²) in [5, 5.41) is 3.41. The minimum atomic E-state index is 0.732. The molecule has 1 N–H and O–H groups in total. The second-order valence-corrected chi connectivity index (χ2v) is 6.23. The Morgan fingerprint density at radius 3 is 2.72 bits per heavy atom. The smallest absolute Gasteiger partial charge is 0.123 e. The van der Waals surface area contributed by atoms with Crippen molar-refractivity contribution in [3.05, 3.63) is 51.0 Å². The van der Waals surface area contributed by atoms with Gasteiger partial charge in [-0.25, -0.2) is 0 Å². The first-order valence-electron chi connectivity index (χ1n) is 5.75. The average Bonchev–Trinajstić information content (AvgIpc) is 2.76. The first-order chi connectivity index (χ1) is 8.69. The Bertz CT molecular complexity index is 524. The summed E-state index contributed by atoms with van der Waals surface area (Å²) in [6.07, 6.45) is 2.08. The largest absolute Gasteiger partial charge is 0.463 e. The van der Waals surface area contributed by atoms with Crippen LogP contribution >= 0.6 is 34.4 Å². The molecule has 0 radical (unpaired) electrons. The molecule has 0 atom stereocenters. The van der Waals surface area contributed by atoms with Gasteiger partial charge in [-0.05, 0) is 71.7 Å². The SMILES string of the molecule is CSCc1ccc(CNc2ccc(I)cc2C)o1. The molecule has 0 bridgehead atoms. The third kappa shape index (κ3) is 3.68. The summed E-state index contributed by atoms with van der Waals surface area (Å²) in [6.45, 7) is 2.85. The Hall–Kier alpha value is -0.620. The lowest BCUT2D eigenvalue weighted by Crippen LogP contribution is -2.00. The predicted molar refractivity (Wildman–Crippen MR) is 87.1 cm³/mol. The molecule has 2 aromatic rings. The van der Waals surface area contributed by atoms with Crippen molar-refractivity contribution < 1.29 is 4.42 Å². The van der Waals surface area contributed by atoms with Crippen molar-refractivity contribution in [2.24, 2.45) is 0 Å². The third-order valence-electron chi connectivity index (χ3n) is 2.65. The van der Waals surface area contributed by atoms with Gasteiger partial charge in [0.2, 0.25) is 0 Å². The van der Waals surface area contributed by atoms with Crippen LogP contribution in [0.3, 0.4) is 0 Å². The number of thioether (sulfide) groups is 1. The van der Waals surface area contributed by atoms with Gasteiger partial charge in [0.15, 0.2) is 0 Å². The van der Waals surface area contributed by atoms with E-state index < -0.39 is 0 Å². The molecule has 96 valence electrons. The van der Waals surface area contributed by atoms with Crippen LogP contribution < -0.4 is 5.32 Å². The van der Waals surface area contributed by atoms with Crippen LogP contribution in [0, 0.1) is 10.5 Å². The molecular formula is C14H16INOS. The summed E-state index contributed by atoms with van der Waals surface area (Å²) in [6, 6.07) is 10.5. The maximum atomic E-state index is 5.72. The lowest BCUT2D eigenvalue weighted by molar-refractivity contribution is 0.487. The van der Waals surface area contributed by atoms with Gasteiger partial charge in [0.25, 0.3) is 0 Å². The van der Waals surface area contributed by atoms with Gasteiger partial charge < -0.3 is 9.73 Å². The Kier molecular flexibility index (Phi) is 5.00. The van der Waals surface area contributed by atoms with E-state index in [2.05, 4.69) is 59.3 Å². The van der Waals surface area contributed by atoms with Gasteiger partial charge in [-0.3, -0.25) is 0 Å². The molecule has 1 aromatic heterocycles. The van der Waals surface area contributed by atoms with Gasteiger partial charge in [-0.15, -0.1) is 0 Å². The first kappa shape index (κ1) is 13.8. The molecule has 0 amide bonds. The summed E-state index contributed by atoms with van der Waals surface area (Å²) >= 11 is 4.10. The van der Waals surface area contributed by atoms with Crippen LogP contribution in [0.5, 0.6) is 0 Å². The molecule has 0 saturated heterocycles. The fraction of sp³-hybridized carbons (Fsp3) is 0.286. The monoisotopic (exact) mass is 373 g/mol. The fourth-order valence-electron chi connectivity index (χ4n) is 1.74. The van der Waals surface area contributed by atoms with E-state index in [1.807, 2.05) is 12.1 Å². The highest BCUT2D eigenvalue weighted by Gasteiger charge is 2.03. The zero-order chi connectivity index (χ0) is 13.0. The highest BCUT2D eigenvalue weighted by Crippen LogP contribution is 2.19. The highest BCUT2D eigenvalue weighted by atomic mass is 127. The van der Waals surface area contributed by atoms with E-state index in [0.29, 0.717) is 0 Å². The molecule has 0 saturated carbocycles. The molecule has 0 fully saturated rings. The van der Waals surface area contributed by atoms with Crippen molar-refractivity contribution in [3.63, 3.8) is 0 Å². The van der Waals surface area contributed by atoms with Gasteiger partial charge >= 0.3 is 0 Å². The molecular weight excluding hydrogens is 357 g/mol. The predicted octanol–water partition coefficient (Wildman–Crippen LogP) is 4.67. The Morgan fingerprint density at radius 2 is 2.00 bits per heavy atom. The molecule has 1 heterocycles. The highest BCUT2D eigenvalue weighted by molar-refractivity contribution is 14.1. The van der Waals surface area contributed by atoms with Crippen molar-refractivity contribution in [1.82, 2.24) is 0 Å². The third-order valence-corrected chi connectivity index (χ3v) is 3.89. The molecule has 2 nitrogen and oxygen atoms in total. The molecule has 0 spiro atoms. The van der Waals surface area contributed by atoms with Gasteiger partial charge in [0.1, 0.15) is 11.5 Å². The number of hydrogen-bond acceptors (Lipinski definition) is 3. The maximum absolute atomic E-state index is 5.72. The quantitative estimate of drug-likeness (QED) is 0.772. The zero-order valence-electron chi connectivity index (χ0n) is 10.5. The first-order valence-corrected chi connectivity index (χ1v) is 8.23. The van der Waals surface area contributed by atoms with Crippen LogP contribution in [-0.4, -0.2) is 6.26 Å². The van der Waals surface area contributed by atoms with Crippen LogP contribution in [-0.2, 0) is 12.3 Å². The van der Waals surface area contributed by atoms with Crippen molar-refractivity contribution >= 4 is 40.0 Å². The summed E-state index contributed by atoms with van der Waals surface area (Å²) in [7, 11) is 0. The summed E-state index contributed by atoms with van der Waals surface area (Å²) < 4.78 is 6.98. The molecule has 0 aliphatic heterocycles. The van der Waals surface area contributed by atoms with E-state index in [1.165, 1.54) is 14.8 Å². The number of halogens is 1. The van der Waals surface area contributed by atoms with E-state index in [0.717, 1.165) is 23.8 Å². The molecule has 18 heavy (non-hydrogen) atoms. The van der Waals surface area contributed by atoms with Crippen LogP contribution in [0.15, 0.2) is 34.7 Å². The molecule has 0 aliphatic carbocycles. The van der Waals surface area contributed by atoms with Crippen LogP contribution in [0.25, 0.3) is 0 Å². The molecule has 4 heteroatoms. The van der Waals surface area contributed by atoms with E-state index >= 15 is 0 Å². The van der Waals surface area contributed by atoms with E-state index in [4.69, 9.17) is 4.42 Å². The summed E-state index contributed by atoms with van der Waals surface area (Å²) in [5.74, 6) is 2.96. The number of nitrogens with one attached hydrogen (secondary N) is 1. The second-order valence-electron chi connectivity index (χ2n) is 4.11. The van der Waals surface area contributed by atoms with Gasteiger partial charge in [0, 0.05) is 9.26 Å². The Morgan fingerprint density at radius 1 is 1.22 bits per heavy atom. The summed E-state index contributed by atoms with van der Waals surface area (Å²) in [4.78, 5) is 0. The average molecular weight is 373 g/mol. The minimum Gasteiger partial charge on any atom is -0.463 e. The number of hydrogen-bond donors (Lipinski definition) is 1. The molecule has 1 aromatic carbocycles. The molecule has 0 unspecified atom stereocenters. The zero-order valence-corrected chi connectivity index (χ0v) is 13.5. The second kappa shape index (κ2) is 6.52.